The third-order valence-electron chi connectivity index (χ3n) is 3.83. The molecule has 1 unspecified atom stereocenters. The molecule has 2 aromatic rings. The summed E-state index contributed by atoms with van der Waals surface area (Å²) in [6, 6.07) is 14.2. The summed E-state index contributed by atoms with van der Waals surface area (Å²) in [5, 5.41) is 10.2. The van der Waals surface area contributed by atoms with Crippen LogP contribution in [0.2, 0.25) is 0 Å². The lowest BCUT2D eigenvalue weighted by Crippen LogP contribution is -2.26. The summed E-state index contributed by atoms with van der Waals surface area (Å²) >= 11 is 0. The first-order chi connectivity index (χ1) is 9.05. The van der Waals surface area contributed by atoms with Crippen LogP contribution >= 0.6 is 0 Å². The van der Waals surface area contributed by atoms with Crippen LogP contribution in [0, 0.1) is 5.41 Å². The van der Waals surface area contributed by atoms with Crippen molar-refractivity contribution in [2.75, 3.05) is 0 Å². The SMILES string of the molecule is CC1(C)Cc2nc(-c3ccccc3)ccc2C(O)C1. The van der Waals surface area contributed by atoms with Gasteiger partial charge in [-0.25, -0.2) is 0 Å². The van der Waals surface area contributed by atoms with E-state index in [1.54, 1.807) is 0 Å². The summed E-state index contributed by atoms with van der Waals surface area (Å²) in [6.45, 7) is 4.38. The molecule has 0 bridgehead atoms. The van der Waals surface area contributed by atoms with Crippen LogP contribution in [0.25, 0.3) is 11.3 Å². The standard InChI is InChI=1S/C17H19NO/c1-17(2)10-15-13(16(19)11-17)8-9-14(18-15)12-6-4-3-5-7-12/h3-9,16,19H,10-11H2,1-2H3. The van der Waals surface area contributed by atoms with Gasteiger partial charge in [-0.05, 0) is 24.3 Å². The van der Waals surface area contributed by atoms with Crippen molar-refractivity contribution in [1.82, 2.24) is 4.98 Å². The van der Waals surface area contributed by atoms with Gasteiger partial charge in [0, 0.05) is 16.8 Å². The Balaban J connectivity index is 2.05. The van der Waals surface area contributed by atoms with Crippen LogP contribution in [-0.4, -0.2) is 10.1 Å². The van der Waals surface area contributed by atoms with Gasteiger partial charge in [-0.15, -0.1) is 0 Å². The van der Waals surface area contributed by atoms with E-state index in [1.165, 1.54) is 0 Å². The lowest BCUT2D eigenvalue weighted by molar-refractivity contribution is 0.0982. The van der Waals surface area contributed by atoms with Crippen molar-refractivity contribution in [3.8, 4) is 11.3 Å². The number of fused-ring (bicyclic) bond motifs is 1. The molecule has 98 valence electrons. The Morgan fingerprint density at radius 1 is 1.11 bits per heavy atom. The van der Waals surface area contributed by atoms with Gasteiger partial charge in [0.25, 0.3) is 0 Å². The minimum atomic E-state index is -0.379. The summed E-state index contributed by atoms with van der Waals surface area (Å²) in [5.74, 6) is 0. The molecule has 0 amide bonds. The molecule has 1 aromatic heterocycles. The molecule has 2 heteroatoms. The molecule has 3 rings (SSSR count). The molecule has 0 aliphatic heterocycles. The normalized spacial score (nSPS) is 20.9. The Labute approximate surface area is 114 Å². The molecule has 1 aliphatic carbocycles. The molecule has 0 fully saturated rings. The van der Waals surface area contributed by atoms with Crippen molar-refractivity contribution in [3.63, 3.8) is 0 Å². The highest BCUT2D eigenvalue weighted by atomic mass is 16.3. The summed E-state index contributed by atoms with van der Waals surface area (Å²) in [5.41, 5.74) is 4.28. The average molecular weight is 253 g/mol. The van der Waals surface area contributed by atoms with E-state index in [-0.39, 0.29) is 11.5 Å². The van der Waals surface area contributed by atoms with Crippen molar-refractivity contribution in [1.29, 1.82) is 0 Å². The van der Waals surface area contributed by atoms with Crippen LogP contribution in [0.5, 0.6) is 0 Å². The molecule has 1 atom stereocenters. The second-order valence-electron chi connectivity index (χ2n) is 6.16. The van der Waals surface area contributed by atoms with E-state index in [2.05, 4.69) is 26.0 Å². The number of aliphatic hydroxyl groups is 1. The van der Waals surface area contributed by atoms with Crippen molar-refractivity contribution < 1.29 is 5.11 Å². The van der Waals surface area contributed by atoms with Crippen LogP contribution in [0.4, 0.5) is 0 Å². The molecule has 0 radical (unpaired) electrons. The van der Waals surface area contributed by atoms with Crippen molar-refractivity contribution in [2.45, 2.75) is 32.8 Å². The van der Waals surface area contributed by atoms with E-state index in [0.29, 0.717) is 0 Å². The Hall–Kier alpha value is -1.67. The predicted molar refractivity (Wildman–Crippen MR) is 76.7 cm³/mol. The summed E-state index contributed by atoms with van der Waals surface area (Å²) in [7, 11) is 0. The Morgan fingerprint density at radius 2 is 1.84 bits per heavy atom. The minimum Gasteiger partial charge on any atom is -0.388 e. The first-order valence-corrected chi connectivity index (χ1v) is 6.78. The monoisotopic (exact) mass is 253 g/mol. The second-order valence-corrected chi connectivity index (χ2v) is 6.16. The number of hydrogen-bond acceptors (Lipinski definition) is 2. The molecule has 1 aromatic carbocycles. The fraction of sp³-hybridized carbons (Fsp3) is 0.353. The summed E-state index contributed by atoms with van der Waals surface area (Å²) in [6.07, 6.45) is 1.36. The fourth-order valence-corrected chi connectivity index (χ4v) is 2.89. The van der Waals surface area contributed by atoms with Crippen molar-refractivity contribution in [2.24, 2.45) is 5.41 Å². The molecular weight excluding hydrogens is 234 g/mol. The van der Waals surface area contributed by atoms with Crippen LogP contribution < -0.4 is 0 Å². The first kappa shape index (κ1) is 12.4. The van der Waals surface area contributed by atoms with E-state index in [0.717, 1.165) is 35.4 Å². The molecule has 0 spiro atoms. The molecule has 19 heavy (non-hydrogen) atoms. The summed E-state index contributed by atoms with van der Waals surface area (Å²) < 4.78 is 0. The number of benzene rings is 1. The lowest BCUT2D eigenvalue weighted by Gasteiger charge is -2.34. The highest BCUT2D eigenvalue weighted by Gasteiger charge is 2.32. The first-order valence-electron chi connectivity index (χ1n) is 6.78. The number of pyridine rings is 1. The van der Waals surface area contributed by atoms with E-state index < -0.39 is 0 Å². The van der Waals surface area contributed by atoms with Gasteiger partial charge in [0.1, 0.15) is 0 Å². The third-order valence-corrected chi connectivity index (χ3v) is 3.83. The molecule has 0 saturated heterocycles. The van der Waals surface area contributed by atoms with Gasteiger partial charge in [0.05, 0.1) is 11.8 Å². The van der Waals surface area contributed by atoms with Crippen LogP contribution in [-0.2, 0) is 6.42 Å². The van der Waals surface area contributed by atoms with Gasteiger partial charge < -0.3 is 5.11 Å². The number of rotatable bonds is 1. The highest BCUT2D eigenvalue weighted by Crippen LogP contribution is 2.40. The topological polar surface area (TPSA) is 33.1 Å². The lowest BCUT2D eigenvalue weighted by atomic mass is 9.75. The zero-order valence-electron chi connectivity index (χ0n) is 11.4. The minimum absolute atomic E-state index is 0.120. The van der Waals surface area contributed by atoms with Gasteiger partial charge in [-0.3, -0.25) is 4.98 Å². The fourth-order valence-electron chi connectivity index (χ4n) is 2.89. The maximum Gasteiger partial charge on any atom is 0.0812 e. The number of nitrogens with zero attached hydrogens (tertiary/aromatic N) is 1. The van der Waals surface area contributed by atoms with E-state index in [9.17, 15) is 5.11 Å². The molecular formula is C17H19NO. The maximum absolute atomic E-state index is 10.2. The molecule has 1 N–H and O–H groups in total. The Morgan fingerprint density at radius 3 is 2.58 bits per heavy atom. The summed E-state index contributed by atoms with van der Waals surface area (Å²) in [4.78, 5) is 4.77. The van der Waals surface area contributed by atoms with Gasteiger partial charge >= 0.3 is 0 Å². The quantitative estimate of drug-likeness (QED) is 0.839. The van der Waals surface area contributed by atoms with E-state index in [4.69, 9.17) is 4.98 Å². The van der Waals surface area contributed by atoms with Gasteiger partial charge in [-0.2, -0.15) is 0 Å². The van der Waals surface area contributed by atoms with Gasteiger partial charge in [0.15, 0.2) is 0 Å². The van der Waals surface area contributed by atoms with Crippen molar-refractivity contribution in [3.05, 3.63) is 53.7 Å². The molecule has 1 heterocycles. The number of aliphatic hydroxyl groups excluding tert-OH is 1. The molecule has 0 saturated carbocycles. The van der Waals surface area contributed by atoms with Gasteiger partial charge in [-0.1, -0.05) is 50.2 Å². The van der Waals surface area contributed by atoms with Gasteiger partial charge in [0.2, 0.25) is 0 Å². The third kappa shape index (κ3) is 2.41. The van der Waals surface area contributed by atoms with Crippen LogP contribution in [0.3, 0.4) is 0 Å². The maximum atomic E-state index is 10.2. The van der Waals surface area contributed by atoms with Crippen LogP contribution in [0.1, 0.15) is 37.6 Å². The molecule has 2 nitrogen and oxygen atoms in total. The highest BCUT2D eigenvalue weighted by molar-refractivity contribution is 5.59. The Bertz CT molecular complexity index is 589. The molecule has 1 aliphatic rings. The number of aromatic nitrogens is 1. The largest absolute Gasteiger partial charge is 0.388 e. The van der Waals surface area contributed by atoms with Crippen molar-refractivity contribution >= 4 is 0 Å². The number of hydrogen-bond donors (Lipinski definition) is 1. The zero-order chi connectivity index (χ0) is 13.5. The van der Waals surface area contributed by atoms with E-state index >= 15 is 0 Å². The Kier molecular flexibility index (Phi) is 2.90. The predicted octanol–water partition coefficient (Wildman–Crippen LogP) is 3.75. The van der Waals surface area contributed by atoms with E-state index in [1.807, 2.05) is 30.3 Å². The van der Waals surface area contributed by atoms with Crippen LogP contribution in [0.15, 0.2) is 42.5 Å². The average Bonchev–Trinajstić information content (AvgIpc) is 2.37. The second kappa shape index (κ2) is 4.46. The zero-order valence-corrected chi connectivity index (χ0v) is 11.4. The smallest absolute Gasteiger partial charge is 0.0812 e.